The van der Waals surface area contributed by atoms with Crippen LogP contribution in [0.4, 0.5) is 18.9 Å². The zero-order valence-corrected chi connectivity index (χ0v) is 12.0. The van der Waals surface area contributed by atoms with Gasteiger partial charge in [-0.15, -0.1) is 0 Å². The van der Waals surface area contributed by atoms with Gasteiger partial charge in [0.1, 0.15) is 0 Å². The second kappa shape index (κ2) is 6.79. The van der Waals surface area contributed by atoms with Crippen molar-refractivity contribution >= 4 is 21.4 Å². The first-order valence-electron chi connectivity index (χ1n) is 5.99. The van der Waals surface area contributed by atoms with Crippen molar-refractivity contribution in [2.45, 2.75) is 25.9 Å². The van der Waals surface area contributed by atoms with Crippen LogP contribution >= 0.6 is 0 Å². The highest BCUT2D eigenvalue weighted by atomic mass is 32.2. The van der Waals surface area contributed by atoms with E-state index in [9.17, 15) is 21.6 Å². The number of alkyl halides is 3. The number of nitrogens with one attached hydrogen (secondary N) is 1. The Balaban J connectivity index is 2.63. The summed E-state index contributed by atoms with van der Waals surface area (Å²) in [5.41, 5.74) is 1.18. The highest BCUT2D eigenvalue weighted by Crippen LogP contribution is 2.22. The van der Waals surface area contributed by atoms with Crippen molar-refractivity contribution < 1.29 is 26.8 Å². The molecule has 2 N–H and O–H groups in total. The molecule has 0 amide bonds. The fourth-order valence-corrected chi connectivity index (χ4v) is 2.65. The average Bonchev–Trinajstić information content (AvgIpc) is 2.36. The van der Waals surface area contributed by atoms with Crippen molar-refractivity contribution in [3.8, 4) is 0 Å². The molecule has 0 saturated carbocycles. The normalized spacial score (nSPS) is 13.2. The Labute approximate surface area is 120 Å². The molecule has 1 rings (SSSR count). The molecule has 0 fully saturated rings. The number of hydrogen-bond donors (Lipinski definition) is 2. The Bertz CT molecular complexity index is 595. The third-order valence-corrected chi connectivity index (χ3v) is 3.97. The average molecular weight is 324 g/mol. The van der Waals surface area contributed by atoms with Crippen LogP contribution in [-0.4, -0.2) is 31.3 Å². The van der Waals surface area contributed by atoms with Gasteiger partial charge in [0, 0.05) is 12.1 Å². The molecule has 0 aromatic heterocycles. The Morgan fingerprint density at radius 3 is 2.33 bits per heavy atom. The lowest BCUT2D eigenvalue weighted by molar-refractivity contribution is -0.134. The monoisotopic (exact) mass is 324 g/mol. The highest BCUT2D eigenvalue weighted by molar-refractivity contribution is 7.92. The van der Waals surface area contributed by atoms with E-state index < -0.39 is 34.8 Å². The van der Waals surface area contributed by atoms with Crippen LogP contribution in [0.5, 0.6) is 0 Å². The SMILES string of the molecule is C/C(=N/O)c1ccc(NS(=O)(=O)CCCC(F)(F)F)cc1. The van der Waals surface area contributed by atoms with E-state index in [-0.39, 0.29) is 5.69 Å². The van der Waals surface area contributed by atoms with Gasteiger partial charge in [-0.1, -0.05) is 17.3 Å². The smallest absolute Gasteiger partial charge is 0.389 e. The molecule has 0 aliphatic carbocycles. The van der Waals surface area contributed by atoms with Crippen LogP contribution in [0.25, 0.3) is 0 Å². The van der Waals surface area contributed by atoms with Gasteiger partial charge in [0.05, 0.1) is 11.5 Å². The Hall–Kier alpha value is -1.77. The molecule has 21 heavy (non-hydrogen) atoms. The standard InChI is InChI=1S/C12H15F3N2O3S/c1-9(16-18)10-3-5-11(6-4-10)17-21(19,20)8-2-7-12(13,14)15/h3-6,17-18H,2,7-8H2,1H3/b16-9-. The van der Waals surface area contributed by atoms with Crippen LogP contribution < -0.4 is 4.72 Å². The highest BCUT2D eigenvalue weighted by Gasteiger charge is 2.27. The van der Waals surface area contributed by atoms with E-state index >= 15 is 0 Å². The third kappa shape index (κ3) is 6.48. The molecule has 9 heteroatoms. The molecule has 1 aromatic carbocycles. The maximum atomic E-state index is 12.0. The summed E-state index contributed by atoms with van der Waals surface area (Å²) in [6, 6.07) is 5.93. The van der Waals surface area contributed by atoms with Crippen LogP contribution in [0.2, 0.25) is 0 Å². The number of oxime groups is 1. The molecule has 5 nitrogen and oxygen atoms in total. The number of anilines is 1. The van der Waals surface area contributed by atoms with Gasteiger partial charge in [-0.2, -0.15) is 13.2 Å². The van der Waals surface area contributed by atoms with Crippen LogP contribution in [0.1, 0.15) is 25.3 Å². The molecular weight excluding hydrogens is 309 g/mol. The summed E-state index contributed by atoms with van der Waals surface area (Å²) in [6.45, 7) is 1.57. The maximum absolute atomic E-state index is 12.0. The second-order valence-electron chi connectivity index (χ2n) is 4.40. The quantitative estimate of drug-likeness (QED) is 0.480. The first-order chi connectivity index (χ1) is 9.63. The number of sulfonamides is 1. The predicted molar refractivity (Wildman–Crippen MR) is 73.1 cm³/mol. The van der Waals surface area contributed by atoms with Gasteiger partial charge < -0.3 is 5.21 Å². The van der Waals surface area contributed by atoms with Crippen LogP contribution in [0.15, 0.2) is 29.4 Å². The van der Waals surface area contributed by atoms with E-state index in [4.69, 9.17) is 5.21 Å². The van der Waals surface area contributed by atoms with Crippen LogP contribution in [-0.2, 0) is 10.0 Å². The zero-order valence-electron chi connectivity index (χ0n) is 11.2. The largest absolute Gasteiger partial charge is 0.411 e. The summed E-state index contributed by atoms with van der Waals surface area (Å²) in [4.78, 5) is 0. The van der Waals surface area contributed by atoms with E-state index in [0.717, 1.165) is 0 Å². The van der Waals surface area contributed by atoms with Crippen LogP contribution in [0, 0.1) is 0 Å². The minimum atomic E-state index is -4.36. The first-order valence-corrected chi connectivity index (χ1v) is 7.64. The zero-order chi connectivity index (χ0) is 16.1. The second-order valence-corrected chi connectivity index (χ2v) is 6.24. The van der Waals surface area contributed by atoms with Crippen molar-refractivity contribution in [3.63, 3.8) is 0 Å². The molecule has 0 heterocycles. The molecule has 0 saturated heterocycles. The lowest BCUT2D eigenvalue weighted by atomic mass is 10.1. The molecule has 0 unspecified atom stereocenters. The number of halogens is 3. The van der Waals surface area contributed by atoms with Gasteiger partial charge in [0.25, 0.3) is 0 Å². The maximum Gasteiger partial charge on any atom is 0.389 e. The lowest BCUT2D eigenvalue weighted by Crippen LogP contribution is -2.18. The summed E-state index contributed by atoms with van der Waals surface area (Å²) in [6.07, 6.45) is -6.00. The van der Waals surface area contributed by atoms with Crippen molar-refractivity contribution in [2.24, 2.45) is 5.16 Å². The van der Waals surface area contributed by atoms with Crippen molar-refractivity contribution in [1.82, 2.24) is 0 Å². The summed E-state index contributed by atoms with van der Waals surface area (Å²) in [5, 5.41) is 11.6. The van der Waals surface area contributed by atoms with E-state index in [1.165, 1.54) is 24.3 Å². The fourth-order valence-electron chi connectivity index (χ4n) is 1.53. The molecule has 0 bridgehead atoms. The summed E-state index contributed by atoms with van der Waals surface area (Å²) >= 11 is 0. The predicted octanol–water partition coefficient (Wildman–Crippen LogP) is 2.97. The minimum Gasteiger partial charge on any atom is -0.411 e. The van der Waals surface area contributed by atoms with Gasteiger partial charge in [-0.05, 0) is 31.0 Å². The Kier molecular flexibility index (Phi) is 5.59. The molecule has 0 spiro atoms. The van der Waals surface area contributed by atoms with Crippen molar-refractivity contribution in [2.75, 3.05) is 10.5 Å². The van der Waals surface area contributed by atoms with Crippen molar-refractivity contribution in [1.29, 1.82) is 0 Å². The molecule has 1 aromatic rings. The van der Waals surface area contributed by atoms with Gasteiger partial charge in [-0.25, -0.2) is 8.42 Å². The van der Waals surface area contributed by atoms with Gasteiger partial charge in [0.15, 0.2) is 0 Å². The van der Waals surface area contributed by atoms with Gasteiger partial charge in [-0.3, -0.25) is 4.72 Å². The first kappa shape index (κ1) is 17.3. The lowest BCUT2D eigenvalue weighted by Gasteiger charge is -2.09. The van der Waals surface area contributed by atoms with E-state index in [0.29, 0.717) is 11.3 Å². The van der Waals surface area contributed by atoms with Gasteiger partial charge >= 0.3 is 6.18 Å². The topological polar surface area (TPSA) is 78.8 Å². The summed E-state index contributed by atoms with van der Waals surface area (Å²) in [7, 11) is -3.83. The van der Waals surface area contributed by atoms with E-state index in [1.807, 2.05) is 0 Å². The molecule has 0 radical (unpaired) electrons. The van der Waals surface area contributed by atoms with E-state index in [2.05, 4.69) is 9.88 Å². The molecule has 0 aliphatic rings. The van der Waals surface area contributed by atoms with E-state index in [1.54, 1.807) is 6.92 Å². The Morgan fingerprint density at radius 2 is 1.86 bits per heavy atom. The molecule has 0 aliphatic heterocycles. The number of rotatable bonds is 6. The number of hydrogen-bond acceptors (Lipinski definition) is 4. The fraction of sp³-hybridized carbons (Fsp3) is 0.417. The Morgan fingerprint density at radius 1 is 1.29 bits per heavy atom. The van der Waals surface area contributed by atoms with Gasteiger partial charge in [0.2, 0.25) is 10.0 Å². The number of nitrogens with zero attached hydrogens (tertiary/aromatic N) is 1. The molecule has 118 valence electrons. The summed E-state index contributed by atoms with van der Waals surface area (Å²) in [5.74, 6) is -0.606. The van der Waals surface area contributed by atoms with Crippen molar-refractivity contribution in [3.05, 3.63) is 29.8 Å². The molecular formula is C12H15F3N2O3S. The summed E-state index contributed by atoms with van der Waals surface area (Å²) < 4.78 is 61.3. The van der Waals surface area contributed by atoms with Crippen LogP contribution in [0.3, 0.4) is 0 Å². The number of benzene rings is 1. The minimum absolute atomic E-state index is 0.233. The molecule has 0 atom stereocenters. The third-order valence-electron chi connectivity index (χ3n) is 2.60.